The van der Waals surface area contributed by atoms with Crippen molar-refractivity contribution in [1.29, 1.82) is 0 Å². The molecule has 0 saturated carbocycles. The lowest BCUT2D eigenvalue weighted by atomic mass is 10.8. The maximum absolute atomic E-state index is 5.41. The Labute approximate surface area is 54.6 Å². The van der Waals surface area contributed by atoms with Gasteiger partial charge in [-0.2, -0.15) is 0 Å². The van der Waals surface area contributed by atoms with Gasteiger partial charge < -0.3 is 5.73 Å². The van der Waals surface area contributed by atoms with Gasteiger partial charge in [-0.05, 0) is 12.7 Å². The van der Waals surface area contributed by atoms with Crippen LogP contribution in [0, 0.1) is 0 Å². The molecule has 0 aromatic carbocycles. The third-order valence-corrected chi connectivity index (χ3v) is 1.32. The third kappa shape index (κ3) is 3.99. The van der Waals surface area contributed by atoms with Crippen molar-refractivity contribution in [2.75, 3.05) is 12.3 Å². The van der Waals surface area contributed by atoms with Crippen LogP contribution in [0.1, 0.15) is 13.8 Å². The van der Waals surface area contributed by atoms with Crippen LogP contribution in [0.15, 0.2) is 4.99 Å². The summed E-state index contributed by atoms with van der Waals surface area (Å²) in [4.78, 5) is 3.97. The molecule has 0 aliphatic heterocycles. The molecule has 0 rings (SSSR count). The van der Waals surface area contributed by atoms with Crippen LogP contribution >= 0.6 is 11.8 Å². The van der Waals surface area contributed by atoms with Gasteiger partial charge in [0.05, 0.1) is 0 Å². The van der Waals surface area contributed by atoms with E-state index in [0.717, 1.165) is 12.3 Å². The fourth-order valence-electron chi connectivity index (χ4n) is 0.349. The number of nitrogens with two attached hydrogens (primary N) is 1. The lowest BCUT2D eigenvalue weighted by molar-refractivity contribution is 1.13. The van der Waals surface area contributed by atoms with E-state index in [2.05, 4.69) is 11.9 Å². The van der Waals surface area contributed by atoms with Gasteiger partial charge in [-0.1, -0.05) is 18.7 Å². The summed E-state index contributed by atoms with van der Waals surface area (Å²) in [6.45, 7) is 4.82. The Morgan fingerprint density at radius 1 is 1.62 bits per heavy atom. The highest BCUT2D eigenvalue weighted by atomic mass is 32.2. The quantitative estimate of drug-likeness (QED) is 0.451. The minimum atomic E-state index is 0.704. The molecule has 0 aliphatic carbocycles. The van der Waals surface area contributed by atoms with Gasteiger partial charge in [-0.3, -0.25) is 4.99 Å². The second-order valence-electron chi connectivity index (χ2n) is 1.25. The van der Waals surface area contributed by atoms with Gasteiger partial charge >= 0.3 is 0 Å². The third-order valence-electron chi connectivity index (χ3n) is 0.606. The zero-order chi connectivity index (χ0) is 6.41. The van der Waals surface area contributed by atoms with E-state index in [1.807, 2.05) is 6.92 Å². The van der Waals surface area contributed by atoms with Gasteiger partial charge in [-0.25, -0.2) is 0 Å². The van der Waals surface area contributed by atoms with Crippen LogP contribution in [0.3, 0.4) is 0 Å². The van der Waals surface area contributed by atoms with E-state index in [1.54, 1.807) is 11.8 Å². The Bertz CT molecular complexity index is 80.5. The van der Waals surface area contributed by atoms with Crippen molar-refractivity contribution in [3.05, 3.63) is 0 Å². The second-order valence-corrected chi connectivity index (χ2v) is 2.53. The summed E-state index contributed by atoms with van der Waals surface area (Å²) in [6, 6.07) is 0. The standard InChI is InChI=1S/C5H12N2S/c1-3-7-5(6)8-4-2/h3-4H2,1-2H3,(H2,6,7). The molecule has 3 heteroatoms. The van der Waals surface area contributed by atoms with E-state index < -0.39 is 0 Å². The molecule has 0 radical (unpaired) electrons. The first-order valence-corrected chi connectivity index (χ1v) is 3.72. The number of aliphatic imine (C=N–C) groups is 1. The van der Waals surface area contributed by atoms with Gasteiger partial charge in [0, 0.05) is 6.54 Å². The van der Waals surface area contributed by atoms with Crippen molar-refractivity contribution >= 4 is 16.9 Å². The highest BCUT2D eigenvalue weighted by molar-refractivity contribution is 8.13. The SMILES string of the molecule is CC/N=C(\N)SCC. The molecule has 0 aromatic rings. The van der Waals surface area contributed by atoms with E-state index in [-0.39, 0.29) is 0 Å². The maximum atomic E-state index is 5.41. The molecule has 8 heavy (non-hydrogen) atoms. The summed E-state index contributed by atoms with van der Waals surface area (Å²) in [6.07, 6.45) is 0. The van der Waals surface area contributed by atoms with E-state index in [0.29, 0.717) is 5.17 Å². The van der Waals surface area contributed by atoms with Crippen molar-refractivity contribution in [2.45, 2.75) is 13.8 Å². The molecule has 0 spiro atoms. The van der Waals surface area contributed by atoms with Crippen LogP contribution in [0.25, 0.3) is 0 Å². The molecule has 0 aliphatic rings. The topological polar surface area (TPSA) is 38.4 Å². The Balaban J connectivity index is 3.29. The fourth-order valence-corrected chi connectivity index (χ4v) is 0.866. The van der Waals surface area contributed by atoms with Crippen molar-refractivity contribution < 1.29 is 0 Å². The van der Waals surface area contributed by atoms with Crippen LogP contribution in [0.2, 0.25) is 0 Å². The second kappa shape index (κ2) is 4.97. The highest BCUT2D eigenvalue weighted by Crippen LogP contribution is 1.96. The molecule has 0 saturated heterocycles. The van der Waals surface area contributed by atoms with Crippen LogP contribution in [0.4, 0.5) is 0 Å². The smallest absolute Gasteiger partial charge is 0.153 e. The number of thioether (sulfide) groups is 1. The Kier molecular flexibility index (Phi) is 4.85. The molecule has 0 atom stereocenters. The van der Waals surface area contributed by atoms with Crippen LogP contribution in [-0.4, -0.2) is 17.5 Å². The Hall–Kier alpha value is -0.180. The lowest BCUT2D eigenvalue weighted by Crippen LogP contribution is -2.06. The first-order chi connectivity index (χ1) is 3.81. The number of nitrogens with zero attached hydrogens (tertiary/aromatic N) is 1. The molecule has 0 aromatic heterocycles. The predicted molar refractivity (Wildman–Crippen MR) is 40.3 cm³/mol. The maximum Gasteiger partial charge on any atom is 0.153 e. The Morgan fingerprint density at radius 3 is 2.62 bits per heavy atom. The molecule has 2 N–H and O–H groups in total. The van der Waals surface area contributed by atoms with Crippen LogP contribution in [-0.2, 0) is 0 Å². The number of rotatable bonds is 2. The van der Waals surface area contributed by atoms with Gasteiger partial charge in [0.2, 0.25) is 0 Å². The number of hydrogen-bond donors (Lipinski definition) is 1. The monoisotopic (exact) mass is 132 g/mol. The van der Waals surface area contributed by atoms with Crippen LogP contribution in [0.5, 0.6) is 0 Å². The summed E-state index contributed by atoms with van der Waals surface area (Å²) < 4.78 is 0. The molecule has 0 bridgehead atoms. The molecular weight excluding hydrogens is 120 g/mol. The molecule has 48 valence electrons. The van der Waals surface area contributed by atoms with Crippen molar-refractivity contribution in [3.63, 3.8) is 0 Å². The minimum Gasteiger partial charge on any atom is -0.379 e. The van der Waals surface area contributed by atoms with E-state index in [9.17, 15) is 0 Å². The van der Waals surface area contributed by atoms with E-state index in [1.165, 1.54) is 0 Å². The summed E-state index contributed by atoms with van der Waals surface area (Å²) >= 11 is 1.58. The van der Waals surface area contributed by atoms with E-state index >= 15 is 0 Å². The molecule has 0 heterocycles. The normalized spacial score (nSPS) is 12.0. The fraction of sp³-hybridized carbons (Fsp3) is 0.800. The van der Waals surface area contributed by atoms with Gasteiger partial charge in [-0.15, -0.1) is 0 Å². The summed E-state index contributed by atoms with van der Waals surface area (Å²) in [5.41, 5.74) is 5.41. The van der Waals surface area contributed by atoms with Crippen molar-refractivity contribution in [1.82, 2.24) is 0 Å². The summed E-state index contributed by atoms with van der Waals surface area (Å²) in [5, 5.41) is 0.704. The molecule has 0 fully saturated rings. The van der Waals surface area contributed by atoms with Crippen molar-refractivity contribution in [2.24, 2.45) is 10.7 Å². The first-order valence-electron chi connectivity index (χ1n) is 2.74. The predicted octanol–water partition coefficient (Wildman–Crippen LogP) is 1.07. The van der Waals surface area contributed by atoms with Gasteiger partial charge in [0.15, 0.2) is 5.17 Å². The lowest BCUT2D eigenvalue weighted by Gasteiger charge is -1.92. The van der Waals surface area contributed by atoms with Gasteiger partial charge in [0.25, 0.3) is 0 Å². The number of hydrogen-bond acceptors (Lipinski definition) is 2. The highest BCUT2D eigenvalue weighted by Gasteiger charge is 1.84. The molecular formula is C5H12N2S. The number of amidine groups is 1. The summed E-state index contributed by atoms with van der Waals surface area (Å²) in [7, 11) is 0. The average Bonchev–Trinajstić information content (AvgIpc) is 1.68. The van der Waals surface area contributed by atoms with Gasteiger partial charge in [0.1, 0.15) is 0 Å². The minimum absolute atomic E-state index is 0.704. The van der Waals surface area contributed by atoms with Crippen LogP contribution < -0.4 is 5.73 Å². The largest absolute Gasteiger partial charge is 0.379 e. The average molecular weight is 132 g/mol. The molecule has 0 amide bonds. The zero-order valence-electron chi connectivity index (χ0n) is 5.35. The first kappa shape index (κ1) is 7.82. The molecule has 2 nitrogen and oxygen atoms in total. The Morgan fingerprint density at radius 2 is 2.25 bits per heavy atom. The van der Waals surface area contributed by atoms with E-state index in [4.69, 9.17) is 5.73 Å². The molecule has 0 unspecified atom stereocenters. The zero-order valence-corrected chi connectivity index (χ0v) is 6.16. The summed E-state index contributed by atoms with van der Waals surface area (Å²) in [5.74, 6) is 1.01. The van der Waals surface area contributed by atoms with Crippen molar-refractivity contribution in [3.8, 4) is 0 Å².